The van der Waals surface area contributed by atoms with Gasteiger partial charge in [-0.25, -0.2) is 4.79 Å². The fourth-order valence-electron chi connectivity index (χ4n) is 2.15. The molecule has 0 radical (unpaired) electrons. The number of hydrogen-bond donors (Lipinski definition) is 2. The maximum atomic E-state index is 11.6. The fourth-order valence-corrected chi connectivity index (χ4v) is 2.15. The molecular formula is C13H18N2O3. The van der Waals surface area contributed by atoms with Gasteiger partial charge >= 0.3 is 6.03 Å². The van der Waals surface area contributed by atoms with Gasteiger partial charge < -0.3 is 20.1 Å². The van der Waals surface area contributed by atoms with Gasteiger partial charge in [0.15, 0.2) is 0 Å². The molecule has 1 aromatic carbocycles. The third-order valence-electron chi connectivity index (χ3n) is 3.00. The van der Waals surface area contributed by atoms with E-state index in [4.69, 9.17) is 9.84 Å². The number of aliphatic hydroxyl groups excluding tert-OH is 1. The highest BCUT2D eigenvalue weighted by atomic mass is 16.5. The summed E-state index contributed by atoms with van der Waals surface area (Å²) in [4.78, 5) is 13.2. The molecule has 1 fully saturated rings. The largest absolute Gasteiger partial charge is 0.494 e. The van der Waals surface area contributed by atoms with Crippen LogP contribution in [-0.4, -0.2) is 42.3 Å². The van der Waals surface area contributed by atoms with Crippen molar-refractivity contribution < 1.29 is 14.6 Å². The Kier molecular flexibility index (Phi) is 4.04. The summed E-state index contributed by atoms with van der Waals surface area (Å²) in [6.45, 7) is 3.48. The lowest BCUT2D eigenvalue weighted by Gasteiger charge is -2.22. The van der Waals surface area contributed by atoms with E-state index in [2.05, 4.69) is 5.32 Å². The zero-order valence-electron chi connectivity index (χ0n) is 10.4. The van der Waals surface area contributed by atoms with E-state index in [0.29, 0.717) is 19.7 Å². The van der Waals surface area contributed by atoms with E-state index < -0.39 is 0 Å². The Morgan fingerprint density at radius 1 is 1.44 bits per heavy atom. The summed E-state index contributed by atoms with van der Waals surface area (Å²) < 4.78 is 5.38. The van der Waals surface area contributed by atoms with Gasteiger partial charge in [-0.1, -0.05) is 12.1 Å². The second-order valence-electron chi connectivity index (χ2n) is 4.12. The molecule has 0 bridgehead atoms. The monoisotopic (exact) mass is 250 g/mol. The lowest BCUT2D eigenvalue weighted by molar-refractivity contribution is 0.179. The van der Waals surface area contributed by atoms with Crippen LogP contribution < -0.4 is 10.1 Å². The Morgan fingerprint density at radius 2 is 2.17 bits per heavy atom. The molecule has 1 unspecified atom stereocenters. The molecule has 0 spiro atoms. The number of carbonyl (C=O) groups excluding carboxylic acids is 1. The number of hydrogen-bond acceptors (Lipinski definition) is 3. The zero-order valence-corrected chi connectivity index (χ0v) is 10.4. The molecule has 18 heavy (non-hydrogen) atoms. The number of β-amino-alcohol motifs (C(OH)–C–C–N with tert-alkyl or cyclic N) is 1. The molecule has 0 saturated carbocycles. The number of amides is 2. The molecular weight excluding hydrogens is 232 g/mol. The van der Waals surface area contributed by atoms with Crippen LogP contribution in [0.15, 0.2) is 24.3 Å². The van der Waals surface area contributed by atoms with Crippen LogP contribution in [0, 0.1) is 0 Å². The summed E-state index contributed by atoms with van der Waals surface area (Å²) >= 11 is 0. The second-order valence-corrected chi connectivity index (χ2v) is 4.12. The van der Waals surface area contributed by atoms with Crippen LogP contribution in [0.2, 0.25) is 0 Å². The van der Waals surface area contributed by atoms with Crippen LogP contribution in [0.4, 0.5) is 4.79 Å². The first-order chi connectivity index (χ1) is 8.76. The lowest BCUT2D eigenvalue weighted by atomic mass is 10.1. The Bertz CT molecular complexity index is 405. The van der Waals surface area contributed by atoms with Crippen molar-refractivity contribution in [1.29, 1.82) is 0 Å². The summed E-state index contributed by atoms with van der Waals surface area (Å²) in [6, 6.07) is 7.58. The minimum absolute atomic E-state index is 0.0136. The molecule has 5 heteroatoms. The highest BCUT2D eigenvalue weighted by molar-refractivity contribution is 5.77. The number of aliphatic hydroxyl groups is 1. The number of carbonyl (C=O) groups is 1. The molecule has 98 valence electrons. The average Bonchev–Trinajstić information content (AvgIpc) is 2.73. The molecule has 0 aliphatic carbocycles. The van der Waals surface area contributed by atoms with E-state index in [1.54, 1.807) is 4.90 Å². The SMILES string of the molecule is CCOc1ccc(C2CNC(=O)N2CCO)cc1. The van der Waals surface area contributed by atoms with Gasteiger partial charge in [0.2, 0.25) is 0 Å². The molecule has 1 aromatic rings. The second kappa shape index (κ2) is 5.73. The van der Waals surface area contributed by atoms with E-state index in [0.717, 1.165) is 11.3 Å². The summed E-state index contributed by atoms with van der Waals surface area (Å²) in [7, 11) is 0. The zero-order chi connectivity index (χ0) is 13.0. The molecule has 2 amide bonds. The Morgan fingerprint density at radius 3 is 2.78 bits per heavy atom. The first-order valence-electron chi connectivity index (χ1n) is 6.14. The average molecular weight is 250 g/mol. The molecule has 1 heterocycles. The van der Waals surface area contributed by atoms with E-state index in [1.807, 2.05) is 31.2 Å². The predicted octanol–water partition coefficient (Wildman–Crippen LogP) is 1.14. The van der Waals surface area contributed by atoms with Crippen molar-refractivity contribution in [3.63, 3.8) is 0 Å². The van der Waals surface area contributed by atoms with Gasteiger partial charge in [-0.3, -0.25) is 0 Å². The maximum Gasteiger partial charge on any atom is 0.318 e. The molecule has 1 aliphatic rings. The van der Waals surface area contributed by atoms with Gasteiger partial charge in [-0.05, 0) is 24.6 Å². The quantitative estimate of drug-likeness (QED) is 0.824. The van der Waals surface area contributed by atoms with Crippen LogP contribution >= 0.6 is 0 Å². The number of benzene rings is 1. The number of urea groups is 1. The topological polar surface area (TPSA) is 61.8 Å². The lowest BCUT2D eigenvalue weighted by Crippen LogP contribution is -2.32. The van der Waals surface area contributed by atoms with Crippen molar-refractivity contribution in [2.24, 2.45) is 0 Å². The van der Waals surface area contributed by atoms with Gasteiger partial charge in [0.1, 0.15) is 5.75 Å². The van der Waals surface area contributed by atoms with Gasteiger partial charge in [-0.2, -0.15) is 0 Å². The molecule has 2 N–H and O–H groups in total. The van der Waals surface area contributed by atoms with E-state index in [9.17, 15) is 4.79 Å². The van der Waals surface area contributed by atoms with Crippen LogP contribution in [0.25, 0.3) is 0 Å². The van der Waals surface area contributed by atoms with Crippen LogP contribution in [-0.2, 0) is 0 Å². The highest BCUT2D eigenvalue weighted by Gasteiger charge is 2.31. The van der Waals surface area contributed by atoms with Crippen molar-refractivity contribution in [2.75, 3.05) is 26.3 Å². The molecule has 5 nitrogen and oxygen atoms in total. The van der Waals surface area contributed by atoms with Crippen molar-refractivity contribution in [3.05, 3.63) is 29.8 Å². The van der Waals surface area contributed by atoms with Crippen molar-refractivity contribution in [2.45, 2.75) is 13.0 Å². The van der Waals surface area contributed by atoms with Crippen molar-refractivity contribution in [3.8, 4) is 5.75 Å². The van der Waals surface area contributed by atoms with Crippen LogP contribution in [0.3, 0.4) is 0 Å². The first-order valence-corrected chi connectivity index (χ1v) is 6.14. The summed E-state index contributed by atoms with van der Waals surface area (Å²) in [5, 5.41) is 11.8. The Labute approximate surface area is 106 Å². The van der Waals surface area contributed by atoms with Gasteiger partial charge in [0.05, 0.1) is 19.3 Å². The standard InChI is InChI=1S/C13H18N2O3/c1-2-18-11-5-3-10(4-6-11)12-9-14-13(17)15(12)7-8-16/h3-6,12,16H,2,7-9H2,1H3,(H,14,17). The predicted molar refractivity (Wildman–Crippen MR) is 67.5 cm³/mol. The summed E-state index contributed by atoms with van der Waals surface area (Å²) in [5.74, 6) is 0.826. The van der Waals surface area contributed by atoms with Crippen molar-refractivity contribution in [1.82, 2.24) is 10.2 Å². The smallest absolute Gasteiger partial charge is 0.318 e. The van der Waals surface area contributed by atoms with Crippen LogP contribution in [0.1, 0.15) is 18.5 Å². The summed E-state index contributed by atoms with van der Waals surface area (Å²) in [6.07, 6.45) is 0. The number of nitrogens with one attached hydrogen (secondary N) is 1. The van der Waals surface area contributed by atoms with Gasteiger partial charge in [0, 0.05) is 13.1 Å². The fraction of sp³-hybridized carbons (Fsp3) is 0.462. The molecule has 1 aliphatic heterocycles. The van der Waals surface area contributed by atoms with Crippen molar-refractivity contribution >= 4 is 6.03 Å². The van der Waals surface area contributed by atoms with Crippen LogP contribution in [0.5, 0.6) is 5.75 Å². The third kappa shape index (κ3) is 2.56. The Balaban J connectivity index is 2.12. The Hall–Kier alpha value is -1.75. The summed E-state index contributed by atoms with van der Waals surface area (Å²) in [5.41, 5.74) is 1.05. The minimum atomic E-state index is -0.122. The highest BCUT2D eigenvalue weighted by Crippen LogP contribution is 2.25. The normalized spacial score (nSPS) is 18.9. The first kappa shape index (κ1) is 12.7. The molecule has 1 atom stereocenters. The van der Waals surface area contributed by atoms with Gasteiger partial charge in [-0.15, -0.1) is 0 Å². The molecule has 0 aromatic heterocycles. The molecule has 2 rings (SSSR count). The maximum absolute atomic E-state index is 11.6. The number of ether oxygens (including phenoxy) is 1. The van der Waals surface area contributed by atoms with Gasteiger partial charge in [0.25, 0.3) is 0 Å². The minimum Gasteiger partial charge on any atom is -0.494 e. The van der Waals surface area contributed by atoms with E-state index in [1.165, 1.54) is 0 Å². The third-order valence-corrected chi connectivity index (χ3v) is 3.00. The van der Waals surface area contributed by atoms with E-state index in [-0.39, 0.29) is 18.7 Å². The number of rotatable bonds is 5. The molecule has 1 saturated heterocycles. The van der Waals surface area contributed by atoms with E-state index >= 15 is 0 Å². The number of nitrogens with zero attached hydrogens (tertiary/aromatic N) is 1.